The summed E-state index contributed by atoms with van der Waals surface area (Å²) in [5, 5.41) is 0. The zero-order valence-electron chi connectivity index (χ0n) is 5.70. The van der Waals surface area contributed by atoms with Crippen LogP contribution in [0.3, 0.4) is 0 Å². The van der Waals surface area contributed by atoms with Crippen molar-refractivity contribution in [3.05, 3.63) is 34.3 Å². The molecule has 0 nitrogen and oxygen atoms in total. The maximum Gasteiger partial charge on any atom is 2.00 e. The van der Waals surface area contributed by atoms with Gasteiger partial charge in [0.2, 0.25) is 0 Å². The first-order valence-corrected chi connectivity index (χ1v) is 3.21. The van der Waals surface area contributed by atoms with Gasteiger partial charge >= 0.3 is 23.1 Å². The summed E-state index contributed by atoms with van der Waals surface area (Å²) in [4.78, 5) is 0. The third kappa shape index (κ3) is 4.71. The Kier molecular flexibility index (Phi) is 8.99. The van der Waals surface area contributed by atoms with Crippen molar-refractivity contribution >= 4 is 39.0 Å². The first-order chi connectivity index (χ1) is 3.79. The maximum atomic E-state index is 3.33. The molecule has 0 spiro atoms. The van der Waals surface area contributed by atoms with Crippen LogP contribution in [-0.2, 0) is 0 Å². The smallest absolute Gasteiger partial charge is 1.00 e. The van der Waals surface area contributed by atoms with E-state index in [-0.39, 0.29) is 40.0 Å². The van der Waals surface area contributed by atoms with Gasteiger partial charge in [-0.3, -0.25) is 0 Å². The number of rotatable bonds is 0. The molecule has 1 aromatic carbocycles. The predicted octanol–water partition coefficient (Wildman–Crippen LogP) is -0.819. The molecule has 0 saturated heterocycles. The predicted molar refractivity (Wildman–Crippen MR) is 43.5 cm³/mol. The van der Waals surface area contributed by atoms with E-state index in [4.69, 9.17) is 0 Å². The molecule has 0 amide bonds. The van der Waals surface area contributed by atoms with Crippen LogP contribution in [0.4, 0.5) is 0 Å². The van der Waals surface area contributed by atoms with Crippen molar-refractivity contribution in [1.29, 1.82) is 0 Å². The second-order valence-corrected chi connectivity index (χ2v) is 2.64. The van der Waals surface area contributed by atoms with E-state index in [1.165, 1.54) is 5.56 Å². The van der Waals surface area contributed by atoms with Crippen LogP contribution in [0.1, 0.15) is 5.56 Å². The van der Waals surface area contributed by atoms with Crippen LogP contribution in [0, 0.1) is 13.0 Å². The standard InChI is InChI=1S/C7H6Br.BrH.Mg/c1-6-3-2-4-7(8)5-6;;/h3-5H,1H3;1H;/q-1;;+2/p-1. The summed E-state index contributed by atoms with van der Waals surface area (Å²) in [6.45, 7) is 2.04. The molecule has 50 valence electrons. The molecule has 1 aromatic rings. The summed E-state index contributed by atoms with van der Waals surface area (Å²) < 4.78 is 1.09. The normalized spacial score (nSPS) is 7.40. The fourth-order valence-corrected chi connectivity index (χ4v) is 1.05. The minimum atomic E-state index is 0. The molecule has 10 heavy (non-hydrogen) atoms. The van der Waals surface area contributed by atoms with E-state index >= 15 is 0 Å². The van der Waals surface area contributed by atoms with Gasteiger partial charge in [-0.15, -0.1) is 15.9 Å². The van der Waals surface area contributed by atoms with Crippen LogP contribution in [0.25, 0.3) is 0 Å². The third-order valence-corrected chi connectivity index (χ3v) is 1.36. The summed E-state index contributed by atoms with van der Waals surface area (Å²) >= 11 is 3.33. The molecular weight excluding hydrogens is 268 g/mol. The number of aryl methyl sites for hydroxylation is 1. The summed E-state index contributed by atoms with van der Waals surface area (Å²) in [6.07, 6.45) is 0. The van der Waals surface area contributed by atoms with Crippen LogP contribution in [0.15, 0.2) is 22.7 Å². The molecule has 3 heteroatoms. The Morgan fingerprint density at radius 2 is 2.00 bits per heavy atom. The molecule has 0 aliphatic carbocycles. The van der Waals surface area contributed by atoms with Crippen LogP contribution >= 0.6 is 15.9 Å². The number of halogens is 2. The summed E-state index contributed by atoms with van der Waals surface area (Å²) in [5.41, 5.74) is 1.24. The Labute approximate surface area is 96.4 Å². The molecule has 1 rings (SSSR count). The van der Waals surface area contributed by atoms with Crippen molar-refractivity contribution in [1.82, 2.24) is 0 Å². The molecular formula is C7H6Br2Mg. The van der Waals surface area contributed by atoms with Gasteiger partial charge < -0.3 is 17.0 Å². The molecule has 0 fully saturated rings. The van der Waals surface area contributed by atoms with Gasteiger partial charge in [-0.05, 0) is 0 Å². The van der Waals surface area contributed by atoms with E-state index < -0.39 is 0 Å². The third-order valence-electron chi connectivity index (χ3n) is 0.898. The molecule has 0 aliphatic rings. The van der Waals surface area contributed by atoms with E-state index in [0.29, 0.717) is 0 Å². The average Bonchev–Trinajstić information content (AvgIpc) is 1.64. The van der Waals surface area contributed by atoms with Crippen molar-refractivity contribution in [2.75, 3.05) is 0 Å². The van der Waals surface area contributed by atoms with Gasteiger partial charge in [0.05, 0.1) is 0 Å². The van der Waals surface area contributed by atoms with E-state index in [1.54, 1.807) is 0 Å². The van der Waals surface area contributed by atoms with Gasteiger partial charge in [0.1, 0.15) is 0 Å². The van der Waals surface area contributed by atoms with E-state index in [2.05, 4.69) is 28.1 Å². The minimum absolute atomic E-state index is 0. The van der Waals surface area contributed by atoms with E-state index in [9.17, 15) is 0 Å². The molecule has 0 radical (unpaired) electrons. The zero-order chi connectivity index (χ0) is 5.98. The second kappa shape index (κ2) is 6.64. The minimum Gasteiger partial charge on any atom is -1.00 e. The molecule has 0 saturated carbocycles. The fourth-order valence-electron chi connectivity index (χ4n) is 0.554. The average molecular weight is 274 g/mol. The topological polar surface area (TPSA) is 0 Å². The Bertz CT molecular complexity index is 171. The number of benzene rings is 1. The quantitative estimate of drug-likeness (QED) is 0.428. The first kappa shape index (κ1) is 13.5. The molecule has 0 aromatic heterocycles. The van der Waals surface area contributed by atoms with Gasteiger partial charge in [-0.2, -0.15) is 29.8 Å². The van der Waals surface area contributed by atoms with Crippen LogP contribution in [0.2, 0.25) is 0 Å². The second-order valence-electron chi connectivity index (χ2n) is 1.73. The summed E-state index contributed by atoms with van der Waals surface area (Å²) in [5.74, 6) is 0. The number of hydrogen-bond acceptors (Lipinski definition) is 0. The molecule has 0 heterocycles. The van der Waals surface area contributed by atoms with Gasteiger partial charge in [0.25, 0.3) is 0 Å². The molecule has 0 atom stereocenters. The van der Waals surface area contributed by atoms with Gasteiger partial charge in [0, 0.05) is 0 Å². The van der Waals surface area contributed by atoms with Gasteiger partial charge in [-0.1, -0.05) is 11.4 Å². The summed E-state index contributed by atoms with van der Waals surface area (Å²) in [7, 11) is 0. The van der Waals surface area contributed by atoms with Crippen molar-refractivity contribution in [2.24, 2.45) is 0 Å². The Morgan fingerprint density at radius 1 is 1.40 bits per heavy atom. The molecule has 0 N–H and O–H groups in total. The van der Waals surface area contributed by atoms with Gasteiger partial charge in [-0.25, -0.2) is 0 Å². The monoisotopic (exact) mass is 272 g/mol. The Morgan fingerprint density at radius 3 is 2.30 bits per heavy atom. The Balaban J connectivity index is 0. The largest absolute Gasteiger partial charge is 2.00 e. The molecule has 0 bridgehead atoms. The maximum absolute atomic E-state index is 3.33. The number of hydrogen-bond donors (Lipinski definition) is 0. The van der Waals surface area contributed by atoms with Crippen LogP contribution in [0.5, 0.6) is 0 Å². The zero-order valence-corrected chi connectivity index (χ0v) is 10.3. The van der Waals surface area contributed by atoms with Crippen molar-refractivity contribution in [3.8, 4) is 0 Å². The summed E-state index contributed by atoms with van der Waals surface area (Å²) in [6, 6.07) is 8.88. The van der Waals surface area contributed by atoms with Crippen LogP contribution in [-0.4, -0.2) is 23.1 Å². The van der Waals surface area contributed by atoms with E-state index in [0.717, 1.165) is 4.47 Å². The molecule has 0 aliphatic heterocycles. The van der Waals surface area contributed by atoms with Crippen molar-refractivity contribution in [3.63, 3.8) is 0 Å². The van der Waals surface area contributed by atoms with E-state index in [1.807, 2.05) is 19.1 Å². The Hall–Kier alpha value is 0.946. The fraction of sp³-hybridized carbons (Fsp3) is 0.143. The van der Waals surface area contributed by atoms with Crippen molar-refractivity contribution in [2.45, 2.75) is 6.92 Å². The van der Waals surface area contributed by atoms with Gasteiger partial charge in [0.15, 0.2) is 0 Å². The van der Waals surface area contributed by atoms with Crippen molar-refractivity contribution < 1.29 is 17.0 Å². The van der Waals surface area contributed by atoms with Crippen LogP contribution < -0.4 is 17.0 Å². The molecule has 0 unspecified atom stereocenters. The first-order valence-electron chi connectivity index (χ1n) is 2.42. The SMILES string of the molecule is Cc1c[c-]cc(Br)c1.[Br-].[Mg+2].